The Bertz CT molecular complexity index is 727. The molecule has 1 aromatic rings. The third-order valence-electron chi connectivity index (χ3n) is 7.20. The molecule has 1 aliphatic carbocycles. The van der Waals surface area contributed by atoms with E-state index >= 15 is 0 Å². The van der Waals surface area contributed by atoms with E-state index in [1.165, 1.54) is 5.56 Å². The lowest BCUT2D eigenvalue weighted by molar-refractivity contribution is -0.142. The number of aliphatic hydroxyl groups is 1. The zero-order valence-corrected chi connectivity index (χ0v) is 17.4. The van der Waals surface area contributed by atoms with Crippen LogP contribution in [0.1, 0.15) is 63.5 Å². The van der Waals surface area contributed by atoms with Crippen molar-refractivity contribution >= 4 is 5.91 Å². The molecule has 2 atom stereocenters. The molecule has 1 saturated carbocycles. The second kappa shape index (κ2) is 7.68. The minimum atomic E-state index is -0.358. The van der Waals surface area contributed by atoms with Gasteiger partial charge in [-0.1, -0.05) is 31.5 Å². The Morgan fingerprint density at radius 2 is 2.04 bits per heavy atom. The van der Waals surface area contributed by atoms with Gasteiger partial charge in [-0.3, -0.25) is 4.79 Å². The molecule has 1 amide bonds. The van der Waals surface area contributed by atoms with Crippen LogP contribution in [0.25, 0.3) is 0 Å². The maximum atomic E-state index is 13.5. The van der Waals surface area contributed by atoms with Gasteiger partial charge in [-0.25, -0.2) is 0 Å². The Hall–Kier alpha value is -1.59. The Morgan fingerprint density at radius 1 is 1.29 bits per heavy atom. The molecule has 0 radical (unpaired) electrons. The summed E-state index contributed by atoms with van der Waals surface area (Å²) in [7, 11) is 0. The number of aliphatic hydroxyl groups excluding tert-OH is 1. The number of nitrogens with one attached hydrogen (secondary N) is 1. The number of ether oxygens (including phenoxy) is 1. The molecular weight excluding hydrogens is 352 g/mol. The monoisotopic (exact) mass is 386 g/mol. The van der Waals surface area contributed by atoms with E-state index in [0.717, 1.165) is 56.4 Å². The fourth-order valence-electron chi connectivity index (χ4n) is 5.24. The number of aryl methyl sites for hydroxylation is 1. The van der Waals surface area contributed by atoms with Gasteiger partial charge in [0.25, 0.3) is 0 Å². The molecule has 0 bridgehead atoms. The van der Waals surface area contributed by atoms with Gasteiger partial charge in [-0.2, -0.15) is 0 Å². The van der Waals surface area contributed by atoms with E-state index in [4.69, 9.17) is 4.74 Å². The van der Waals surface area contributed by atoms with E-state index < -0.39 is 0 Å². The highest BCUT2D eigenvalue weighted by atomic mass is 16.5. The van der Waals surface area contributed by atoms with Crippen LogP contribution in [-0.2, 0) is 11.3 Å². The van der Waals surface area contributed by atoms with Crippen molar-refractivity contribution in [3.05, 3.63) is 29.3 Å². The van der Waals surface area contributed by atoms with Gasteiger partial charge in [0.2, 0.25) is 5.91 Å². The summed E-state index contributed by atoms with van der Waals surface area (Å²) in [5.74, 6) is 1.45. The van der Waals surface area contributed by atoms with Gasteiger partial charge >= 0.3 is 0 Å². The first-order valence-electron chi connectivity index (χ1n) is 10.9. The predicted molar refractivity (Wildman–Crippen MR) is 109 cm³/mol. The summed E-state index contributed by atoms with van der Waals surface area (Å²) in [6.07, 6.45) is 5.15. The van der Waals surface area contributed by atoms with Crippen LogP contribution < -0.4 is 10.1 Å². The van der Waals surface area contributed by atoms with E-state index in [0.29, 0.717) is 12.6 Å². The second-order valence-corrected chi connectivity index (χ2v) is 9.34. The Kier molecular flexibility index (Phi) is 5.41. The van der Waals surface area contributed by atoms with Crippen molar-refractivity contribution in [2.24, 2.45) is 11.3 Å². The van der Waals surface area contributed by atoms with Crippen molar-refractivity contribution in [2.75, 3.05) is 6.54 Å². The average Bonchev–Trinajstić information content (AvgIpc) is 2.94. The zero-order chi connectivity index (χ0) is 19.9. The molecule has 0 aromatic heterocycles. The molecule has 5 heteroatoms. The van der Waals surface area contributed by atoms with Gasteiger partial charge in [-0.05, 0) is 57.6 Å². The summed E-state index contributed by atoms with van der Waals surface area (Å²) in [6, 6.07) is 6.72. The summed E-state index contributed by atoms with van der Waals surface area (Å²) in [5.41, 5.74) is 1.95. The minimum absolute atomic E-state index is 0.130. The van der Waals surface area contributed by atoms with Crippen LogP contribution in [0.15, 0.2) is 18.2 Å². The smallest absolute Gasteiger partial charge is 0.232 e. The Balaban J connectivity index is 1.44. The van der Waals surface area contributed by atoms with Gasteiger partial charge in [0, 0.05) is 18.0 Å². The van der Waals surface area contributed by atoms with Crippen molar-refractivity contribution in [3.8, 4) is 5.75 Å². The van der Waals surface area contributed by atoms with Crippen LogP contribution in [-0.4, -0.2) is 40.8 Å². The fraction of sp³-hybridized carbons (Fsp3) is 0.696. The predicted octanol–water partition coefficient (Wildman–Crippen LogP) is 3.37. The van der Waals surface area contributed by atoms with Crippen LogP contribution in [0.3, 0.4) is 0 Å². The molecule has 4 rings (SSSR count). The number of nitrogens with zero attached hydrogens (tertiary/aromatic N) is 1. The summed E-state index contributed by atoms with van der Waals surface area (Å²) >= 11 is 0. The van der Waals surface area contributed by atoms with Crippen LogP contribution in [0.2, 0.25) is 0 Å². The highest BCUT2D eigenvalue weighted by Crippen LogP contribution is 2.48. The molecule has 2 fully saturated rings. The van der Waals surface area contributed by atoms with E-state index in [9.17, 15) is 9.90 Å². The number of carbonyl (C=O) groups excluding carboxylic acids is 1. The van der Waals surface area contributed by atoms with Gasteiger partial charge in [0.15, 0.2) is 6.23 Å². The summed E-state index contributed by atoms with van der Waals surface area (Å²) in [5, 5.41) is 13.3. The largest absolute Gasteiger partial charge is 0.470 e. The van der Waals surface area contributed by atoms with E-state index in [-0.39, 0.29) is 29.6 Å². The number of carbonyl (C=O) groups is 1. The SMILES string of the molecule is Cc1ccc2c(c1)CN1C(=O)C(CCNC3CCC(O)CC3)(C(C)C)CC1O2. The maximum Gasteiger partial charge on any atom is 0.232 e. The van der Waals surface area contributed by atoms with Crippen LogP contribution in [0.4, 0.5) is 0 Å². The quantitative estimate of drug-likeness (QED) is 0.814. The summed E-state index contributed by atoms with van der Waals surface area (Å²) < 4.78 is 6.25. The first kappa shape index (κ1) is 19.7. The van der Waals surface area contributed by atoms with Crippen molar-refractivity contribution in [2.45, 2.75) is 84.2 Å². The lowest BCUT2D eigenvalue weighted by atomic mass is 9.73. The molecule has 1 aromatic carbocycles. The number of rotatable bonds is 5. The third-order valence-corrected chi connectivity index (χ3v) is 7.20. The van der Waals surface area contributed by atoms with E-state index in [1.807, 2.05) is 11.0 Å². The van der Waals surface area contributed by atoms with Crippen molar-refractivity contribution in [3.63, 3.8) is 0 Å². The van der Waals surface area contributed by atoms with Gasteiger partial charge in [0.1, 0.15) is 5.75 Å². The molecule has 2 aliphatic heterocycles. The molecule has 5 nitrogen and oxygen atoms in total. The van der Waals surface area contributed by atoms with Crippen LogP contribution in [0.5, 0.6) is 5.75 Å². The van der Waals surface area contributed by atoms with E-state index in [1.54, 1.807) is 0 Å². The zero-order valence-electron chi connectivity index (χ0n) is 17.4. The average molecular weight is 387 g/mol. The number of hydrogen-bond donors (Lipinski definition) is 2. The fourth-order valence-corrected chi connectivity index (χ4v) is 5.24. The van der Waals surface area contributed by atoms with Crippen molar-refractivity contribution < 1.29 is 14.6 Å². The molecule has 28 heavy (non-hydrogen) atoms. The molecule has 3 aliphatic rings. The first-order valence-corrected chi connectivity index (χ1v) is 10.9. The molecular formula is C23H34N2O3. The third kappa shape index (κ3) is 3.55. The number of fused-ring (bicyclic) bond motifs is 2. The highest BCUT2D eigenvalue weighted by molar-refractivity contribution is 5.86. The van der Waals surface area contributed by atoms with Gasteiger partial charge in [-0.15, -0.1) is 0 Å². The number of benzene rings is 1. The topological polar surface area (TPSA) is 61.8 Å². The van der Waals surface area contributed by atoms with E-state index in [2.05, 4.69) is 38.2 Å². The summed E-state index contributed by atoms with van der Waals surface area (Å²) in [6.45, 7) is 7.92. The molecule has 1 saturated heterocycles. The van der Waals surface area contributed by atoms with Gasteiger partial charge in [0.05, 0.1) is 18.1 Å². The maximum absolute atomic E-state index is 13.5. The molecule has 2 heterocycles. The summed E-state index contributed by atoms with van der Waals surface area (Å²) in [4.78, 5) is 15.5. The minimum Gasteiger partial charge on any atom is -0.470 e. The second-order valence-electron chi connectivity index (χ2n) is 9.34. The molecule has 2 unspecified atom stereocenters. The molecule has 154 valence electrons. The normalized spacial score (nSPS) is 32.2. The number of amides is 1. The number of hydrogen-bond acceptors (Lipinski definition) is 4. The van der Waals surface area contributed by atoms with Crippen LogP contribution >= 0.6 is 0 Å². The Labute approximate surface area is 168 Å². The van der Waals surface area contributed by atoms with Crippen molar-refractivity contribution in [1.29, 1.82) is 0 Å². The van der Waals surface area contributed by atoms with Gasteiger partial charge < -0.3 is 20.1 Å². The van der Waals surface area contributed by atoms with Crippen molar-refractivity contribution in [1.82, 2.24) is 10.2 Å². The lowest BCUT2D eigenvalue weighted by Crippen LogP contribution is -2.43. The molecule has 2 N–H and O–H groups in total. The Morgan fingerprint density at radius 3 is 2.75 bits per heavy atom. The standard InChI is InChI=1S/C23H34N2O3/c1-15(2)23(10-11-24-18-5-7-19(26)8-6-18)13-21-25(22(23)27)14-17-12-16(3)4-9-20(17)28-21/h4,9,12,15,18-19,21,24,26H,5-8,10-11,13-14H2,1-3H3. The first-order chi connectivity index (χ1) is 13.4. The molecule has 0 spiro atoms. The highest BCUT2D eigenvalue weighted by Gasteiger charge is 2.55. The lowest BCUT2D eigenvalue weighted by Gasteiger charge is -2.33. The van der Waals surface area contributed by atoms with Crippen LogP contribution in [0, 0.1) is 18.3 Å².